The topological polar surface area (TPSA) is 71.2 Å². The Balaban J connectivity index is 1.82. The first-order valence-electron chi connectivity index (χ1n) is 6.94. The van der Waals surface area contributed by atoms with E-state index in [4.69, 9.17) is 0 Å². The quantitative estimate of drug-likeness (QED) is 0.895. The molecule has 6 nitrogen and oxygen atoms in total. The monoisotopic (exact) mass is 272 g/mol. The third-order valence-corrected chi connectivity index (χ3v) is 4.72. The minimum absolute atomic E-state index is 0.0672. The number of aromatic nitrogens is 3. The van der Waals surface area contributed by atoms with Crippen molar-refractivity contribution in [3.63, 3.8) is 0 Å². The van der Waals surface area contributed by atoms with Gasteiger partial charge < -0.3 is 14.6 Å². The Kier molecular flexibility index (Phi) is 2.31. The Morgan fingerprint density at radius 3 is 3.00 bits per heavy atom. The summed E-state index contributed by atoms with van der Waals surface area (Å²) in [5, 5.41) is 9.35. The molecule has 104 valence electrons. The van der Waals surface area contributed by atoms with Crippen LogP contribution in [0, 0.1) is 5.92 Å². The lowest BCUT2D eigenvalue weighted by molar-refractivity contribution is -0.142. The molecule has 0 saturated carbocycles. The minimum atomic E-state index is -0.685. The molecule has 0 radical (unpaired) electrons. The van der Waals surface area contributed by atoms with Gasteiger partial charge in [-0.1, -0.05) is 0 Å². The molecule has 2 bridgehead atoms. The van der Waals surface area contributed by atoms with Crippen molar-refractivity contribution in [2.75, 3.05) is 4.90 Å². The zero-order valence-electron chi connectivity index (χ0n) is 11.2. The van der Waals surface area contributed by atoms with E-state index < -0.39 is 5.97 Å². The van der Waals surface area contributed by atoms with Crippen molar-refractivity contribution >= 4 is 22.8 Å². The SMILES string of the molecule is Cn1cnc2c(N3C4CCC3C(C(=O)O)C4)nccc21. The molecule has 2 aliphatic rings. The van der Waals surface area contributed by atoms with Crippen molar-refractivity contribution in [2.24, 2.45) is 13.0 Å². The van der Waals surface area contributed by atoms with E-state index in [1.165, 1.54) is 0 Å². The number of anilines is 1. The fourth-order valence-corrected chi connectivity index (χ4v) is 3.82. The molecule has 0 spiro atoms. The molecule has 2 aromatic heterocycles. The van der Waals surface area contributed by atoms with Crippen molar-refractivity contribution in [1.29, 1.82) is 0 Å². The second-order valence-corrected chi connectivity index (χ2v) is 5.74. The molecular weight excluding hydrogens is 256 g/mol. The number of carboxylic acid groups (broad SMARTS) is 1. The highest BCUT2D eigenvalue weighted by atomic mass is 16.4. The van der Waals surface area contributed by atoms with Crippen LogP contribution in [0.2, 0.25) is 0 Å². The predicted octanol–water partition coefficient (Wildman–Crippen LogP) is 1.41. The molecule has 3 unspecified atom stereocenters. The smallest absolute Gasteiger partial charge is 0.308 e. The normalized spacial score (nSPS) is 28.4. The minimum Gasteiger partial charge on any atom is -0.481 e. The van der Waals surface area contributed by atoms with Crippen LogP contribution in [-0.4, -0.2) is 37.7 Å². The van der Waals surface area contributed by atoms with E-state index in [0.717, 1.165) is 36.1 Å². The average molecular weight is 272 g/mol. The molecule has 3 atom stereocenters. The van der Waals surface area contributed by atoms with Crippen LogP contribution in [0.5, 0.6) is 0 Å². The number of imidazole rings is 1. The van der Waals surface area contributed by atoms with Gasteiger partial charge in [0.05, 0.1) is 17.8 Å². The lowest BCUT2D eigenvalue weighted by Crippen LogP contribution is -2.33. The first-order valence-corrected chi connectivity index (χ1v) is 6.94. The third kappa shape index (κ3) is 1.42. The predicted molar refractivity (Wildman–Crippen MR) is 73.5 cm³/mol. The molecule has 6 heteroatoms. The van der Waals surface area contributed by atoms with Crippen LogP contribution in [0.1, 0.15) is 19.3 Å². The van der Waals surface area contributed by atoms with Crippen LogP contribution >= 0.6 is 0 Å². The number of aliphatic carboxylic acids is 1. The van der Waals surface area contributed by atoms with Gasteiger partial charge in [-0.2, -0.15) is 0 Å². The fourth-order valence-electron chi connectivity index (χ4n) is 3.82. The summed E-state index contributed by atoms with van der Waals surface area (Å²) < 4.78 is 1.97. The van der Waals surface area contributed by atoms with Crippen molar-refractivity contribution < 1.29 is 9.90 Å². The number of carboxylic acids is 1. The van der Waals surface area contributed by atoms with Crippen LogP contribution in [0.3, 0.4) is 0 Å². The molecule has 2 fully saturated rings. The highest BCUT2D eigenvalue weighted by molar-refractivity contribution is 5.87. The number of rotatable bonds is 2. The maximum Gasteiger partial charge on any atom is 0.308 e. The summed E-state index contributed by atoms with van der Waals surface area (Å²) in [7, 11) is 1.96. The highest BCUT2D eigenvalue weighted by Crippen LogP contribution is 2.45. The zero-order valence-corrected chi connectivity index (χ0v) is 11.2. The summed E-state index contributed by atoms with van der Waals surface area (Å²) in [5.41, 5.74) is 1.91. The molecule has 4 rings (SSSR count). The molecule has 20 heavy (non-hydrogen) atoms. The van der Waals surface area contributed by atoms with E-state index in [0.29, 0.717) is 6.04 Å². The molecule has 2 aliphatic heterocycles. The number of nitrogens with zero attached hydrogens (tertiary/aromatic N) is 4. The summed E-state index contributed by atoms with van der Waals surface area (Å²) in [6.45, 7) is 0. The van der Waals surface area contributed by atoms with Gasteiger partial charge in [-0.3, -0.25) is 4.79 Å². The number of hydrogen-bond donors (Lipinski definition) is 1. The molecule has 0 aromatic carbocycles. The van der Waals surface area contributed by atoms with Gasteiger partial charge in [0.2, 0.25) is 0 Å². The largest absolute Gasteiger partial charge is 0.481 e. The van der Waals surface area contributed by atoms with Crippen molar-refractivity contribution in [1.82, 2.24) is 14.5 Å². The Morgan fingerprint density at radius 1 is 1.40 bits per heavy atom. The van der Waals surface area contributed by atoms with Gasteiger partial charge in [0.15, 0.2) is 5.82 Å². The van der Waals surface area contributed by atoms with Crippen LogP contribution in [0.15, 0.2) is 18.6 Å². The van der Waals surface area contributed by atoms with E-state index in [1.807, 2.05) is 17.7 Å². The zero-order chi connectivity index (χ0) is 13.9. The van der Waals surface area contributed by atoms with Gasteiger partial charge in [-0.25, -0.2) is 9.97 Å². The number of aryl methyl sites for hydroxylation is 1. The average Bonchev–Trinajstić information content (AvgIpc) is 3.11. The van der Waals surface area contributed by atoms with E-state index in [1.54, 1.807) is 12.5 Å². The molecule has 1 N–H and O–H groups in total. The summed E-state index contributed by atoms with van der Waals surface area (Å²) in [6, 6.07) is 2.30. The van der Waals surface area contributed by atoms with Gasteiger partial charge in [-0.15, -0.1) is 0 Å². The maximum atomic E-state index is 11.4. The molecule has 2 saturated heterocycles. The summed E-state index contributed by atoms with van der Waals surface area (Å²) in [4.78, 5) is 22.5. The maximum absolute atomic E-state index is 11.4. The van der Waals surface area contributed by atoms with Crippen molar-refractivity contribution in [2.45, 2.75) is 31.3 Å². The second-order valence-electron chi connectivity index (χ2n) is 5.74. The second kappa shape index (κ2) is 3.94. The Labute approximate surface area is 116 Å². The first kappa shape index (κ1) is 11.7. The van der Waals surface area contributed by atoms with Gasteiger partial charge in [0, 0.05) is 25.3 Å². The molecular formula is C14H16N4O2. The molecule has 2 aromatic rings. The van der Waals surface area contributed by atoms with Gasteiger partial charge in [-0.05, 0) is 25.3 Å². The van der Waals surface area contributed by atoms with Gasteiger partial charge >= 0.3 is 5.97 Å². The fraction of sp³-hybridized carbons (Fsp3) is 0.500. The van der Waals surface area contributed by atoms with Crippen LogP contribution in [0.4, 0.5) is 5.82 Å². The third-order valence-electron chi connectivity index (χ3n) is 4.72. The number of pyridine rings is 1. The number of fused-ring (bicyclic) bond motifs is 3. The van der Waals surface area contributed by atoms with Crippen LogP contribution in [0.25, 0.3) is 11.0 Å². The lowest BCUT2D eigenvalue weighted by Gasteiger charge is -2.24. The standard InChI is InChI=1S/C14H16N4O2/c1-17-7-16-12-11(17)4-5-15-13(12)18-8-2-3-10(18)9(6-8)14(19)20/h4-5,7-10H,2-3,6H2,1H3,(H,19,20). The van der Waals surface area contributed by atoms with Crippen molar-refractivity contribution in [3.8, 4) is 0 Å². The van der Waals surface area contributed by atoms with E-state index in [2.05, 4.69) is 14.9 Å². The van der Waals surface area contributed by atoms with E-state index in [-0.39, 0.29) is 12.0 Å². The Hall–Kier alpha value is -2.11. The number of carbonyl (C=O) groups is 1. The van der Waals surface area contributed by atoms with Crippen LogP contribution in [-0.2, 0) is 11.8 Å². The summed E-state index contributed by atoms with van der Waals surface area (Å²) in [6.07, 6.45) is 6.28. The summed E-state index contributed by atoms with van der Waals surface area (Å²) in [5.74, 6) is -0.107. The summed E-state index contributed by atoms with van der Waals surface area (Å²) >= 11 is 0. The van der Waals surface area contributed by atoms with E-state index in [9.17, 15) is 9.90 Å². The molecule has 0 amide bonds. The highest BCUT2D eigenvalue weighted by Gasteiger charge is 2.50. The van der Waals surface area contributed by atoms with Crippen LogP contribution < -0.4 is 4.90 Å². The van der Waals surface area contributed by atoms with Crippen molar-refractivity contribution in [3.05, 3.63) is 18.6 Å². The molecule has 0 aliphatic carbocycles. The lowest BCUT2D eigenvalue weighted by atomic mass is 9.89. The first-order chi connectivity index (χ1) is 9.66. The van der Waals surface area contributed by atoms with Gasteiger partial charge in [0.1, 0.15) is 5.52 Å². The Bertz CT molecular complexity index is 696. The van der Waals surface area contributed by atoms with Gasteiger partial charge in [0.25, 0.3) is 0 Å². The van der Waals surface area contributed by atoms with E-state index >= 15 is 0 Å². The molecule has 4 heterocycles. The Morgan fingerprint density at radius 2 is 2.25 bits per heavy atom. The number of hydrogen-bond acceptors (Lipinski definition) is 4.